The van der Waals surface area contributed by atoms with E-state index in [0.717, 1.165) is 0 Å². The molecule has 0 spiro atoms. The molecule has 88 valence electrons. The summed E-state index contributed by atoms with van der Waals surface area (Å²) in [4.78, 5) is 7.84. The van der Waals surface area contributed by atoms with Gasteiger partial charge in [-0.15, -0.1) is 0 Å². The fourth-order valence-electron chi connectivity index (χ4n) is 1.41. The first kappa shape index (κ1) is 11.1. The summed E-state index contributed by atoms with van der Waals surface area (Å²) in [5.74, 6) is -0.532. The van der Waals surface area contributed by atoms with Crippen LogP contribution in [0.2, 0.25) is 0 Å². The highest BCUT2D eigenvalue weighted by molar-refractivity contribution is 5.30. The van der Waals surface area contributed by atoms with Crippen LogP contribution in [0.4, 0.5) is 5.69 Å². The van der Waals surface area contributed by atoms with Crippen molar-refractivity contribution in [2.75, 3.05) is 18.9 Å². The van der Waals surface area contributed by atoms with Crippen molar-refractivity contribution in [2.24, 2.45) is 0 Å². The van der Waals surface area contributed by atoms with Crippen LogP contribution in [0.25, 0.3) is 0 Å². The molecule has 1 aromatic heterocycles. The largest absolute Gasteiger partial charge is 0.461 e. The van der Waals surface area contributed by atoms with E-state index in [1.807, 2.05) is 13.8 Å². The standard InChI is InChI=1S/C10H15N3O3/c1-10(2)15-6-8(16-10)5-14-9-12-3-7(11)4-13-9/h3-4,8H,5-6,11H2,1-2H3/t8-/m0/s1. The Morgan fingerprint density at radius 2 is 2.19 bits per heavy atom. The number of anilines is 1. The minimum Gasteiger partial charge on any atom is -0.461 e. The lowest BCUT2D eigenvalue weighted by atomic mass is 10.4. The molecule has 1 aliphatic heterocycles. The molecule has 2 N–H and O–H groups in total. The van der Waals surface area contributed by atoms with Gasteiger partial charge in [-0.05, 0) is 13.8 Å². The van der Waals surface area contributed by atoms with Gasteiger partial charge in [-0.2, -0.15) is 0 Å². The predicted molar refractivity (Wildman–Crippen MR) is 56.8 cm³/mol. The van der Waals surface area contributed by atoms with Crippen molar-refractivity contribution in [3.8, 4) is 6.01 Å². The Bertz CT molecular complexity index is 353. The van der Waals surface area contributed by atoms with E-state index in [2.05, 4.69) is 9.97 Å². The monoisotopic (exact) mass is 225 g/mol. The SMILES string of the molecule is CC1(C)OC[C@H](COc2ncc(N)cn2)O1. The Morgan fingerprint density at radius 1 is 1.50 bits per heavy atom. The van der Waals surface area contributed by atoms with E-state index in [-0.39, 0.29) is 6.10 Å². The van der Waals surface area contributed by atoms with Gasteiger partial charge in [0, 0.05) is 0 Å². The van der Waals surface area contributed by atoms with E-state index >= 15 is 0 Å². The molecule has 1 atom stereocenters. The number of nitrogens with zero attached hydrogens (tertiary/aromatic N) is 2. The number of nitrogens with two attached hydrogens (primary N) is 1. The maximum absolute atomic E-state index is 5.57. The molecule has 1 aliphatic rings. The van der Waals surface area contributed by atoms with Crippen LogP contribution in [0.3, 0.4) is 0 Å². The summed E-state index contributed by atoms with van der Waals surface area (Å²) in [6.07, 6.45) is 2.91. The van der Waals surface area contributed by atoms with E-state index in [1.165, 1.54) is 12.4 Å². The first-order chi connectivity index (χ1) is 7.55. The topological polar surface area (TPSA) is 79.5 Å². The highest BCUT2D eigenvalue weighted by Gasteiger charge is 2.33. The number of hydrogen-bond acceptors (Lipinski definition) is 6. The molecule has 6 nitrogen and oxygen atoms in total. The van der Waals surface area contributed by atoms with Gasteiger partial charge >= 0.3 is 6.01 Å². The van der Waals surface area contributed by atoms with Crippen molar-refractivity contribution in [1.29, 1.82) is 0 Å². The Morgan fingerprint density at radius 3 is 2.75 bits per heavy atom. The van der Waals surface area contributed by atoms with Crippen LogP contribution < -0.4 is 10.5 Å². The van der Waals surface area contributed by atoms with Gasteiger partial charge in [0.15, 0.2) is 5.79 Å². The van der Waals surface area contributed by atoms with Crippen LogP contribution >= 0.6 is 0 Å². The zero-order chi connectivity index (χ0) is 11.6. The maximum atomic E-state index is 5.57. The summed E-state index contributed by atoms with van der Waals surface area (Å²) >= 11 is 0. The minimum absolute atomic E-state index is 0.0869. The molecule has 2 heterocycles. The number of rotatable bonds is 3. The summed E-state index contributed by atoms with van der Waals surface area (Å²) in [6, 6.07) is 0.294. The number of ether oxygens (including phenoxy) is 3. The third-order valence-electron chi connectivity index (χ3n) is 2.11. The van der Waals surface area contributed by atoms with Crippen LogP contribution in [0.1, 0.15) is 13.8 Å². The van der Waals surface area contributed by atoms with Gasteiger partial charge in [-0.25, -0.2) is 9.97 Å². The van der Waals surface area contributed by atoms with E-state index in [4.69, 9.17) is 19.9 Å². The van der Waals surface area contributed by atoms with Gasteiger partial charge in [0.05, 0.1) is 24.7 Å². The number of aromatic nitrogens is 2. The first-order valence-electron chi connectivity index (χ1n) is 5.07. The van der Waals surface area contributed by atoms with E-state index in [9.17, 15) is 0 Å². The Hall–Kier alpha value is -1.40. The summed E-state index contributed by atoms with van der Waals surface area (Å²) in [6.45, 7) is 4.62. The van der Waals surface area contributed by atoms with Crippen molar-refractivity contribution in [3.63, 3.8) is 0 Å². The van der Waals surface area contributed by atoms with Gasteiger partial charge in [-0.3, -0.25) is 0 Å². The van der Waals surface area contributed by atoms with Crippen molar-refractivity contribution >= 4 is 5.69 Å². The zero-order valence-electron chi connectivity index (χ0n) is 9.34. The fourth-order valence-corrected chi connectivity index (χ4v) is 1.41. The molecule has 0 radical (unpaired) electrons. The lowest BCUT2D eigenvalue weighted by Gasteiger charge is -2.16. The van der Waals surface area contributed by atoms with E-state index < -0.39 is 5.79 Å². The smallest absolute Gasteiger partial charge is 0.316 e. The highest BCUT2D eigenvalue weighted by atomic mass is 16.7. The summed E-state index contributed by atoms with van der Waals surface area (Å²) in [5, 5.41) is 0. The summed E-state index contributed by atoms with van der Waals surface area (Å²) < 4.78 is 16.3. The molecule has 0 aliphatic carbocycles. The Labute approximate surface area is 93.7 Å². The van der Waals surface area contributed by atoms with Gasteiger partial charge in [0.2, 0.25) is 0 Å². The number of hydrogen-bond donors (Lipinski definition) is 1. The number of nitrogen functional groups attached to an aromatic ring is 1. The first-order valence-corrected chi connectivity index (χ1v) is 5.07. The molecule has 1 fully saturated rings. The van der Waals surface area contributed by atoms with Crippen LogP contribution in [0.5, 0.6) is 6.01 Å². The Kier molecular flexibility index (Phi) is 2.93. The Balaban J connectivity index is 1.82. The maximum Gasteiger partial charge on any atom is 0.316 e. The average Bonchev–Trinajstić information content (AvgIpc) is 2.58. The quantitative estimate of drug-likeness (QED) is 0.811. The van der Waals surface area contributed by atoms with Crippen LogP contribution in [-0.2, 0) is 9.47 Å². The van der Waals surface area contributed by atoms with E-state index in [1.54, 1.807) is 0 Å². The van der Waals surface area contributed by atoms with Gasteiger partial charge in [0.25, 0.3) is 0 Å². The molecule has 16 heavy (non-hydrogen) atoms. The minimum atomic E-state index is -0.532. The van der Waals surface area contributed by atoms with Crippen LogP contribution in [0.15, 0.2) is 12.4 Å². The molecule has 1 saturated heterocycles. The lowest BCUT2D eigenvalue weighted by molar-refractivity contribution is -0.141. The van der Waals surface area contributed by atoms with Crippen molar-refractivity contribution in [2.45, 2.75) is 25.7 Å². The molecule has 0 aromatic carbocycles. The predicted octanol–water partition coefficient (Wildman–Crippen LogP) is 0.589. The second-order valence-corrected chi connectivity index (χ2v) is 4.06. The van der Waals surface area contributed by atoms with E-state index in [0.29, 0.717) is 24.9 Å². The van der Waals surface area contributed by atoms with Crippen LogP contribution in [0, 0.1) is 0 Å². The molecule has 0 saturated carbocycles. The molecule has 0 unspecified atom stereocenters. The third kappa shape index (κ3) is 2.80. The summed E-state index contributed by atoms with van der Waals surface area (Å²) in [7, 11) is 0. The molecular formula is C10H15N3O3. The second kappa shape index (κ2) is 4.23. The lowest BCUT2D eigenvalue weighted by Crippen LogP contribution is -2.25. The van der Waals surface area contributed by atoms with Crippen molar-refractivity contribution in [1.82, 2.24) is 9.97 Å². The zero-order valence-corrected chi connectivity index (χ0v) is 9.34. The molecule has 2 rings (SSSR count). The van der Waals surface area contributed by atoms with Crippen molar-refractivity contribution < 1.29 is 14.2 Å². The average molecular weight is 225 g/mol. The molecule has 0 amide bonds. The normalized spacial score (nSPS) is 23.2. The van der Waals surface area contributed by atoms with Gasteiger partial charge < -0.3 is 19.9 Å². The summed E-state index contributed by atoms with van der Waals surface area (Å²) in [5.41, 5.74) is 5.96. The molecule has 0 bridgehead atoms. The van der Waals surface area contributed by atoms with Crippen LogP contribution in [-0.4, -0.2) is 35.1 Å². The third-order valence-corrected chi connectivity index (χ3v) is 2.11. The second-order valence-electron chi connectivity index (χ2n) is 4.06. The van der Waals surface area contributed by atoms with Gasteiger partial charge in [-0.1, -0.05) is 0 Å². The highest BCUT2D eigenvalue weighted by Crippen LogP contribution is 2.22. The molecule has 1 aromatic rings. The molecule has 6 heteroatoms. The fraction of sp³-hybridized carbons (Fsp3) is 0.600. The van der Waals surface area contributed by atoms with Gasteiger partial charge in [0.1, 0.15) is 12.7 Å². The van der Waals surface area contributed by atoms with Crippen molar-refractivity contribution in [3.05, 3.63) is 12.4 Å². The molecular weight excluding hydrogens is 210 g/mol.